The van der Waals surface area contributed by atoms with Crippen molar-refractivity contribution in [2.24, 2.45) is 5.11 Å². The number of nitrogens with one attached hydrogen (secondary N) is 1. The summed E-state index contributed by atoms with van der Waals surface area (Å²) in [4.78, 5) is 31.5. The molecule has 3 aromatic carbocycles. The monoisotopic (exact) mass is 557 g/mol. The molecule has 1 N–H and O–H groups in total. The normalized spacial score (nSPS) is 17.6. The van der Waals surface area contributed by atoms with Gasteiger partial charge in [-0.3, -0.25) is 4.79 Å². The highest BCUT2D eigenvalue weighted by atomic mass is 16.6. The molecule has 41 heavy (non-hydrogen) atoms. The Morgan fingerprint density at radius 2 is 1.78 bits per heavy atom. The summed E-state index contributed by atoms with van der Waals surface area (Å²) >= 11 is 0. The first-order chi connectivity index (χ1) is 19.7. The molecule has 1 heterocycles. The van der Waals surface area contributed by atoms with E-state index in [-0.39, 0.29) is 18.1 Å². The van der Waals surface area contributed by atoms with Gasteiger partial charge in [0.15, 0.2) is 0 Å². The molecule has 0 aromatic heterocycles. The summed E-state index contributed by atoms with van der Waals surface area (Å²) in [7, 11) is 0. The smallest absolute Gasteiger partial charge is 0.408 e. The number of hydrogen-bond donors (Lipinski definition) is 1. The molecule has 1 saturated heterocycles. The second-order valence-corrected chi connectivity index (χ2v) is 11.5. The van der Waals surface area contributed by atoms with Gasteiger partial charge in [-0.05, 0) is 73.5 Å². The highest BCUT2D eigenvalue weighted by Gasteiger charge is 2.39. The summed E-state index contributed by atoms with van der Waals surface area (Å²) in [5.74, 6) is -0.176. The fourth-order valence-electron chi connectivity index (χ4n) is 5.22. The maximum atomic E-state index is 14.0. The number of amides is 2. The van der Waals surface area contributed by atoms with E-state index in [9.17, 15) is 9.59 Å². The topological polar surface area (TPSA) is 117 Å². The van der Waals surface area contributed by atoms with Crippen molar-refractivity contribution in [1.82, 2.24) is 10.2 Å². The van der Waals surface area contributed by atoms with Gasteiger partial charge in [0.25, 0.3) is 0 Å². The van der Waals surface area contributed by atoms with Gasteiger partial charge in [0.05, 0.1) is 12.7 Å². The van der Waals surface area contributed by atoms with Crippen LogP contribution in [0, 0.1) is 0 Å². The van der Waals surface area contributed by atoms with E-state index >= 15 is 0 Å². The molecule has 0 radical (unpaired) electrons. The third-order valence-electron chi connectivity index (χ3n) is 7.09. The molecular weight excluding hydrogens is 518 g/mol. The zero-order valence-corrected chi connectivity index (χ0v) is 24.0. The Morgan fingerprint density at radius 1 is 1.05 bits per heavy atom. The summed E-state index contributed by atoms with van der Waals surface area (Å²) in [5, 5.41) is 8.82. The SMILES string of the molecule is CC(C)(C)OC(=O)N[C@H](Cc1ccccc1)C(=O)N1C[C@H](OCc2ccc3ccccc3c2)C[C@@H]1CCCN=[N+]=[N-]. The number of azide groups is 1. The van der Waals surface area contributed by atoms with Gasteiger partial charge < -0.3 is 19.7 Å². The standard InChI is InChI=1S/C32H39N5O4/c1-32(2,3)41-31(39)35-29(19-23-10-5-4-6-11-23)30(38)37-21-28(20-27(37)14-9-17-34-36-33)40-22-24-15-16-25-12-7-8-13-26(25)18-24/h4-8,10-13,15-16,18,27-29H,9,14,17,19-22H2,1-3H3,(H,35,39)/t27-,28+,29+/m0/s1. The van der Waals surface area contributed by atoms with Crippen molar-refractivity contribution in [3.8, 4) is 0 Å². The maximum Gasteiger partial charge on any atom is 0.408 e. The highest BCUT2D eigenvalue weighted by Crippen LogP contribution is 2.27. The lowest BCUT2D eigenvalue weighted by atomic mass is 10.0. The Balaban J connectivity index is 1.49. The molecule has 1 fully saturated rings. The second-order valence-electron chi connectivity index (χ2n) is 11.5. The molecule has 216 valence electrons. The van der Waals surface area contributed by atoms with Crippen LogP contribution >= 0.6 is 0 Å². The Morgan fingerprint density at radius 3 is 2.51 bits per heavy atom. The minimum atomic E-state index is -0.800. The number of nitrogens with zero attached hydrogens (tertiary/aromatic N) is 4. The van der Waals surface area contributed by atoms with Gasteiger partial charge in [-0.15, -0.1) is 0 Å². The molecule has 3 aromatic rings. The molecule has 4 rings (SSSR count). The van der Waals surface area contributed by atoms with Crippen LogP contribution in [0.1, 0.15) is 51.2 Å². The Bertz CT molecular complexity index is 1370. The molecule has 3 atom stereocenters. The number of likely N-dealkylation sites (tertiary alicyclic amines) is 1. The van der Waals surface area contributed by atoms with Gasteiger partial charge in [-0.25, -0.2) is 4.79 Å². The van der Waals surface area contributed by atoms with Gasteiger partial charge in [0.2, 0.25) is 5.91 Å². The number of alkyl carbamates (subject to hydrolysis) is 1. The fourth-order valence-corrected chi connectivity index (χ4v) is 5.22. The van der Waals surface area contributed by atoms with E-state index in [2.05, 4.69) is 45.7 Å². The average molecular weight is 558 g/mol. The summed E-state index contributed by atoms with van der Waals surface area (Å²) in [6, 6.07) is 23.2. The largest absolute Gasteiger partial charge is 0.444 e. The average Bonchev–Trinajstić information content (AvgIpc) is 3.36. The van der Waals surface area contributed by atoms with Crippen LogP contribution in [0.3, 0.4) is 0 Å². The van der Waals surface area contributed by atoms with Crippen molar-refractivity contribution in [3.05, 3.63) is 94.4 Å². The lowest BCUT2D eigenvalue weighted by Crippen LogP contribution is -2.52. The summed E-state index contributed by atoms with van der Waals surface area (Å²) in [6.07, 6.45) is 1.54. The van der Waals surface area contributed by atoms with Crippen molar-refractivity contribution < 1.29 is 19.1 Å². The first kappa shape index (κ1) is 29.9. The van der Waals surface area contributed by atoms with Gasteiger partial charge >= 0.3 is 6.09 Å². The van der Waals surface area contributed by atoms with E-state index in [1.165, 1.54) is 5.39 Å². The molecular formula is C32H39N5O4. The quantitative estimate of drug-likeness (QED) is 0.124. The van der Waals surface area contributed by atoms with Crippen molar-refractivity contribution in [3.63, 3.8) is 0 Å². The van der Waals surface area contributed by atoms with Gasteiger partial charge in [-0.1, -0.05) is 71.8 Å². The minimum absolute atomic E-state index is 0.100. The van der Waals surface area contributed by atoms with Crippen molar-refractivity contribution in [2.75, 3.05) is 13.1 Å². The van der Waals surface area contributed by atoms with E-state index < -0.39 is 17.7 Å². The summed E-state index contributed by atoms with van der Waals surface area (Å²) in [6.45, 7) is 6.59. The number of rotatable bonds is 11. The minimum Gasteiger partial charge on any atom is -0.444 e. The number of carbonyl (C=O) groups excluding carboxylic acids is 2. The van der Waals surface area contributed by atoms with Crippen molar-refractivity contribution in [2.45, 2.75) is 76.9 Å². The number of hydrogen-bond acceptors (Lipinski definition) is 5. The lowest BCUT2D eigenvalue weighted by molar-refractivity contribution is -0.134. The van der Waals surface area contributed by atoms with Crippen molar-refractivity contribution >= 4 is 22.8 Å². The van der Waals surface area contributed by atoms with Crippen LogP contribution in [-0.2, 0) is 27.3 Å². The maximum absolute atomic E-state index is 14.0. The Labute approximate surface area is 241 Å². The van der Waals surface area contributed by atoms with Gasteiger partial charge in [0, 0.05) is 30.5 Å². The molecule has 2 amide bonds. The molecule has 1 aliphatic rings. The molecule has 9 heteroatoms. The molecule has 0 spiro atoms. The van der Waals surface area contributed by atoms with E-state index in [0.717, 1.165) is 16.5 Å². The zero-order chi connectivity index (χ0) is 29.2. The van der Waals surface area contributed by atoms with Crippen LogP contribution in [0.4, 0.5) is 4.79 Å². The van der Waals surface area contributed by atoms with Crippen molar-refractivity contribution in [1.29, 1.82) is 0 Å². The lowest BCUT2D eigenvalue weighted by Gasteiger charge is -2.30. The predicted molar refractivity (Wildman–Crippen MR) is 159 cm³/mol. The van der Waals surface area contributed by atoms with E-state index in [1.807, 2.05) is 47.4 Å². The van der Waals surface area contributed by atoms with E-state index in [4.69, 9.17) is 15.0 Å². The van der Waals surface area contributed by atoms with E-state index in [0.29, 0.717) is 45.4 Å². The summed E-state index contributed by atoms with van der Waals surface area (Å²) < 4.78 is 11.8. The number of carbonyl (C=O) groups is 2. The fraction of sp³-hybridized carbons (Fsp3) is 0.438. The van der Waals surface area contributed by atoms with Gasteiger partial charge in [-0.2, -0.15) is 0 Å². The molecule has 1 aliphatic heterocycles. The molecule has 0 aliphatic carbocycles. The van der Waals surface area contributed by atoms with Gasteiger partial charge in [0.1, 0.15) is 11.6 Å². The Hall–Kier alpha value is -4.07. The van der Waals surface area contributed by atoms with Crippen LogP contribution in [0.5, 0.6) is 0 Å². The molecule has 0 saturated carbocycles. The summed E-state index contributed by atoms with van der Waals surface area (Å²) in [5.41, 5.74) is 10.00. The molecule has 0 bridgehead atoms. The number of benzene rings is 3. The van der Waals surface area contributed by atoms with Crippen LogP contribution in [-0.4, -0.2) is 53.8 Å². The molecule has 0 unspecified atom stereocenters. The zero-order valence-electron chi connectivity index (χ0n) is 24.0. The first-order valence-electron chi connectivity index (χ1n) is 14.2. The van der Waals surface area contributed by atoms with Crippen LogP contribution < -0.4 is 5.32 Å². The van der Waals surface area contributed by atoms with E-state index in [1.54, 1.807) is 20.8 Å². The Kier molecular flexibility index (Phi) is 10.2. The number of fused-ring (bicyclic) bond motifs is 1. The molecule has 9 nitrogen and oxygen atoms in total. The van der Waals surface area contributed by atoms with Crippen LogP contribution in [0.15, 0.2) is 77.9 Å². The third-order valence-corrected chi connectivity index (χ3v) is 7.09. The third kappa shape index (κ3) is 8.96. The van der Waals surface area contributed by atoms with Crippen LogP contribution in [0.2, 0.25) is 0 Å². The first-order valence-corrected chi connectivity index (χ1v) is 14.2. The predicted octanol–water partition coefficient (Wildman–Crippen LogP) is 6.55. The highest BCUT2D eigenvalue weighted by molar-refractivity contribution is 5.86. The van der Waals surface area contributed by atoms with Crippen LogP contribution in [0.25, 0.3) is 21.2 Å². The second kappa shape index (κ2) is 14.0. The number of ether oxygens (including phenoxy) is 2.